The fraction of sp³-hybridized carbons (Fsp3) is 0. The van der Waals surface area contributed by atoms with Gasteiger partial charge < -0.3 is 0 Å². The van der Waals surface area contributed by atoms with E-state index in [9.17, 15) is 14.5 Å². The third-order valence-electron chi connectivity index (χ3n) is 2.13. The van der Waals surface area contributed by atoms with Crippen LogP contribution in [0.15, 0.2) is 42.7 Å². The maximum Gasteiger partial charge on any atom is 0.277 e. The molecule has 0 unspecified atom stereocenters. The number of nitro benzene ring substituents is 1. The van der Waals surface area contributed by atoms with Gasteiger partial charge in [0.2, 0.25) is 0 Å². The van der Waals surface area contributed by atoms with Crippen molar-refractivity contribution in [2.75, 3.05) is 0 Å². The van der Waals surface area contributed by atoms with Crippen molar-refractivity contribution in [1.29, 1.82) is 0 Å². The molecular formula is C11H7FN2O2. The highest BCUT2D eigenvalue weighted by Crippen LogP contribution is 2.29. The van der Waals surface area contributed by atoms with E-state index in [1.54, 1.807) is 18.3 Å². The summed E-state index contributed by atoms with van der Waals surface area (Å²) in [6.45, 7) is 0. The van der Waals surface area contributed by atoms with Crippen LogP contribution in [0.1, 0.15) is 0 Å². The lowest BCUT2D eigenvalue weighted by Gasteiger charge is -2.02. The third-order valence-corrected chi connectivity index (χ3v) is 2.13. The molecule has 80 valence electrons. The smallest absolute Gasteiger partial charge is 0.264 e. The highest BCUT2D eigenvalue weighted by Gasteiger charge is 2.15. The first-order chi connectivity index (χ1) is 7.68. The molecule has 0 atom stereocenters. The maximum absolute atomic E-state index is 13.1. The number of rotatable bonds is 2. The highest BCUT2D eigenvalue weighted by atomic mass is 19.1. The first-order valence-corrected chi connectivity index (χ1v) is 4.53. The molecule has 1 aromatic heterocycles. The van der Waals surface area contributed by atoms with E-state index in [1.165, 1.54) is 6.20 Å². The molecule has 5 heteroatoms. The first-order valence-electron chi connectivity index (χ1n) is 4.53. The van der Waals surface area contributed by atoms with E-state index in [0.717, 1.165) is 18.2 Å². The average Bonchev–Trinajstić information content (AvgIpc) is 2.29. The molecule has 0 saturated carbocycles. The van der Waals surface area contributed by atoms with Gasteiger partial charge in [-0.15, -0.1) is 0 Å². The van der Waals surface area contributed by atoms with Crippen LogP contribution in [0.25, 0.3) is 11.1 Å². The Morgan fingerprint density at radius 2 is 2.12 bits per heavy atom. The summed E-state index contributed by atoms with van der Waals surface area (Å²) in [7, 11) is 0. The third kappa shape index (κ3) is 1.88. The van der Waals surface area contributed by atoms with E-state index in [-0.39, 0.29) is 11.3 Å². The quantitative estimate of drug-likeness (QED) is 0.575. The van der Waals surface area contributed by atoms with Gasteiger partial charge in [0, 0.05) is 24.0 Å². The van der Waals surface area contributed by atoms with Crippen LogP contribution in [0.4, 0.5) is 10.1 Å². The van der Waals surface area contributed by atoms with E-state index >= 15 is 0 Å². The van der Waals surface area contributed by atoms with Gasteiger partial charge in [-0.1, -0.05) is 6.07 Å². The largest absolute Gasteiger partial charge is 0.277 e. The summed E-state index contributed by atoms with van der Waals surface area (Å²) in [6, 6.07) is 6.64. The van der Waals surface area contributed by atoms with Gasteiger partial charge in [-0.3, -0.25) is 15.1 Å². The van der Waals surface area contributed by atoms with Crippen LogP contribution in [0.2, 0.25) is 0 Å². The van der Waals surface area contributed by atoms with Crippen molar-refractivity contribution >= 4 is 5.69 Å². The van der Waals surface area contributed by atoms with Crippen LogP contribution >= 0.6 is 0 Å². The molecule has 1 heterocycles. The minimum absolute atomic E-state index is 0.130. The van der Waals surface area contributed by atoms with Crippen LogP contribution in [-0.2, 0) is 0 Å². The maximum atomic E-state index is 13.1. The van der Waals surface area contributed by atoms with E-state index in [0.29, 0.717) is 5.56 Å². The van der Waals surface area contributed by atoms with Crippen molar-refractivity contribution in [3.05, 3.63) is 58.7 Å². The summed E-state index contributed by atoms with van der Waals surface area (Å²) < 4.78 is 13.1. The molecule has 4 nitrogen and oxygen atoms in total. The minimum Gasteiger partial charge on any atom is -0.264 e. The molecule has 2 aromatic rings. The summed E-state index contributed by atoms with van der Waals surface area (Å²) in [5.41, 5.74) is 0.626. The number of aromatic nitrogens is 1. The number of hydrogen-bond donors (Lipinski definition) is 0. The minimum atomic E-state index is -0.540. The molecule has 1 aromatic carbocycles. The molecule has 0 bridgehead atoms. The molecule has 0 spiro atoms. The molecule has 0 N–H and O–H groups in total. The van der Waals surface area contributed by atoms with E-state index in [2.05, 4.69) is 4.98 Å². The Morgan fingerprint density at radius 3 is 2.75 bits per heavy atom. The highest BCUT2D eigenvalue weighted by molar-refractivity contribution is 5.72. The average molecular weight is 218 g/mol. The fourth-order valence-electron chi connectivity index (χ4n) is 1.42. The van der Waals surface area contributed by atoms with Gasteiger partial charge in [-0.25, -0.2) is 4.39 Å². The fourth-order valence-corrected chi connectivity index (χ4v) is 1.42. The Hall–Kier alpha value is -2.30. The second-order valence-corrected chi connectivity index (χ2v) is 3.16. The Bertz CT molecular complexity index is 529. The molecule has 0 amide bonds. The number of hydrogen-bond acceptors (Lipinski definition) is 3. The molecule has 0 aliphatic heterocycles. The summed E-state index contributed by atoms with van der Waals surface area (Å²) in [5.74, 6) is -0.510. The number of benzene rings is 1. The van der Waals surface area contributed by atoms with Crippen LogP contribution in [0, 0.1) is 15.9 Å². The molecular weight excluding hydrogens is 211 g/mol. The van der Waals surface area contributed by atoms with Crippen molar-refractivity contribution in [2.24, 2.45) is 0 Å². The molecule has 0 saturated heterocycles. The van der Waals surface area contributed by atoms with Crippen LogP contribution in [-0.4, -0.2) is 9.91 Å². The summed E-state index contributed by atoms with van der Waals surface area (Å²) >= 11 is 0. The molecule has 0 radical (unpaired) electrons. The van der Waals surface area contributed by atoms with Gasteiger partial charge >= 0.3 is 0 Å². The predicted octanol–water partition coefficient (Wildman–Crippen LogP) is 2.80. The zero-order chi connectivity index (χ0) is 11.5. The van der Waals surface area contributed by atoms with Crippen molar-refractivity contribution < 1.29 is 9.31 Å². The molecule has 16 heavy (non-hydrogen) atoms. The Morgan fingerprint density at radius 1 is 1.31 bits per heavy atom. The van der Waals surface area contributed by atoms with E-state index in [1.807, 2.05) is 0 Å². The Labute approximate surface area is 90.5 Å². The predicted molar refractivity (Wildman–Crippen MR) is 56.3 cm³/mol. The van der Waals surface area contributed by atoms with Crippen molar-refractivity contribution in [3.8, 4) is 11.1 Å². The second-order valence-electron chi connectivity index (χ2n) is 3.16. The molecule has 0 fully saturated rings. The zero-order valence-electron chi connectivity index (χ0n) is 8.13. The van der Waals surface area contributed by atoms with Crippen molar-refractivity contribution in [3.63, 3.8) is 0 Å². The number of nitro groups is 1. The molecule has 0 aliphatic rings. The summed E-state index contributed by atoms with van der Waals surface area (Å²) in [6.07, 6.45) is 3.01. The van der Waals surface area contributed by atoms with Crippen LogP contribution in [0.3, 0.4) is 0 Å². The Kier molecular flexibility index (Phi) is 2.59. The lowest BCUT2D eigenvalue weighted by molar-refractivity contribution is -0.384. The Balaban J connectivity index is 2.63. The lowest BCUT2D eigenvalue weighted by Crippen LogP contribution is -1.93. The summed E-state index contributed by atoms with van der Waals surface area (Å²) in [5, 5.41) is 10.8. The van der Waals surface area contributed by atoms with Gasteiger partial charge in [-0.2, -0.15) is 0 Å². The van der Waals surface area contributed by atoms with Gasteiger partial charge in [0.05, 0.1) is 10.5 Å². The second kappa shape index (κ2) is 4.06. The lowest BCUT2D eigenvalue weighted by atomic mass is 10.1. The van der Waals surface area contributed by atoms with Gasteiger partial charge in [0.25, 0.3) is 5.69 Å². The van der Waals surface area contributed by atoms with Crippen molar-refractivity contribution in [2.45, 2.75) is 0 Å². The van der Waals surface area contributed by atoms with Gasteiger partial charge in [0.15, 0.2) is 0 Å². The van der Waals surface area contributed by atoms with Crippen LogP contribution < -0.4 is 0 Å². The standard InChI is InChI=1S/C11H7FN2O2/c12-9-3-4-11(14(15)16)10(6-9)8-2-1-5-13-7-8/h1-7H. The normalized spacial score (nSPS) is 10.1. The first kappa shape index (κ1) is 10.2. The number of halogens is 1. The molecule has 0 aliphatic carbocycles. The topological polar surface area (TPSA) is 56.0 Å². The zero-order valence-corrected chi connectivity index (χ0v) is 8.13. The van der Waals surface area contributed by atoms with Gasteiger partial charge in [-0.05, 0) is 18.2 Å². The summed E-state index contributed by atoms with van der Waals surface area (Å²) in [4.78, 5) is 14.1. The molecule has 2 rings (SSSR count). The van der Waals surface area contributed by atoms with Crippen molar-refractivity contribution in [1.82, 2.24) is 4.98 Å². The van der Waals surface area contributed by atoms with Gasteiger partial charge in [0.1, 0.15) is 5.82 Å². The SMILES string of the molecule is O=[N+]([O-])c1ccc(F)cc1-c1cccnc1. The van der Waals surface area contributed by atoms with E-state index in [4.69, 9.17) is 0 Å². The van der Waals surface area contributed by atoms with E-state index < -0.39 is 10.7 Å². The number of pyridine rings is 1. The number of nitrogens with zero attached hydrogens (tertiary/aromatic N) is 2. The van der Waals surface area contributed by atoms with Crippen LogP contribution in [0.5, 0.6) is 0 Å². The monoisotopic (exact) mass is 218 g/mol.